The predicted octanol–water partition coefficient (Wildman–Crippen LogP) is 1.29. The summed E-state index contributed by atoms with van der Waals surface area (Å²) in [6.07, 6.45) is 1.42. The molecule has 0 bridgehead atoms. The second kappa shape index (κ2) is 2.77. The maximum atomic E-state index is 3.96. The molecule has 0 aliphatic rings. The van der Waals surface area contributed by atoms with Crippen molar-refractivity contribution < 1.29 is 0 Å². The summed E-state index contributed by atoms with van der Waals surface area (Å²) >= 11 is 2.12. The number of rotatable bonds is 1. The molecular weight excluding hydrogens is 269 g/mol. The number of hydrogen-bond acceptors (Lipinski definition) is 4. The number of aromatic amines is 1. The van der Waals surface area contributed by atoms with Crippen molar-refractivity contribution in [3.05, 3.63) is 10.0 Å². The molecule has 0 amide bonds. The molecule has 0 radical (unpaired) electrons. The lowest BCUT2D eigenvalue weighted by molar-refractivity contribution is 1.07. The molecule has 2 aromatic rings. The van der Waals surface area contributed by atoms with Crippen LogP contribution in [0.2, 0.25) is 0 Å². The molecule has 0 aliphatic heterocycles. The van der Waals surface area contributed by atoms with E-state index in [1.807, 2.05) is 0 Å². The van der Waals surface area contributed by atoms with Gasteiger partial charge < -0.3 is 0 Å². The predicted molar refractivity (Wildman–Crippen MR) is 53.6 cm³/mol. The van der Waals surface area contributed by atoms with Crippen molar-refractivity contribution in [1.29, 1.82) is 0 Å². The highest BCUT2D eigenvalue weighted by molar-refractivity contribution is 14.1. The number of H-pyrrole nitrogens is 1. The van der Waals surface area contributed by atoms with Gasteiger partial charge >= 0.3 is 0 Å². The first-order chi connectivity index (χ1) is 5.83. The molecule has 0 spiro atoms. The minimum Gasteiger partial charge on any atom is -0.269 e. The molecule has 6 heteroatoms. The first-order valence-corrected chi connectivity index (χ1v) is 4.22. The molecule has 60 valence electrons. The summed E-state index contributed by atoms with van der Waals surface area (Å²) in [5.74, 6) is 0.568. The third-order valence-corrected chi connectivity index (χ3v) is 2.22. The quantitative estimate of drug-likeness (QED) is 0.628. The number of nitrogens with zero attached hydrogens (tertiary/aromatic N) is 4. The largest absolute Gasteiger partial charge is 0.269 e. The third kappa shape index (κ3) is 0.986. The molecule has 0 fully saturated rings. The van der Waals surface area contributed by atoms with Crippen LogP contribution in [-0.4, -0.2) is 26.9 Å². The summed E-state index contributed by atoms with van der Waals surface area (Å²) in [7, 11) is 0. The first kappa shape index (κ1) is 7.59. The topological polar surface area (TPSA) is 66.8 Å². The Bertz CT molecular complexity index is 434. The molecule has 0 aliphatic carbocycles. The van der Waals surface area contributed by atoms with Crippen LogP contribution in [0.5, 0.6) is 0 Å². The van der Waals surface area contributed by atoms with Crippen LogP contribution in [0.3, 0.4) is 0 Å². The number of hydrogen-bond donors (Lipinski definition) is 1. The maximum Gasteiger partial charge on any atom is 0.187 e. The lowest BCUT2D eigenvalue weighted by Gasteiger charge is -1.91. The number of aromatic nitrogens is 4. The number of nitrogens with one attached hydrogen (secondary N) is 1. The third-order valence-electron chi connectivity index (χ3n) is 1.44. The van der Waals surface area contributed by atoms with Gasteiger partial charge in [-0.25, -0.2) is 15.0 Å². The van der Waals surface area contributed by atoms with Crippen molar-refractivity contribution in [2.45, 2.75) is 0 Å². The zero-order valence-corrected chi connectivity index (χ0v) is 8.11. The fourth-order valence-electron chi connectivity index (χ4n) is 0.926. The van der Waals surface area contributed by atoms with E-state index >= 15 is 0 Å². The van der Waals surface area contributed by atoms with E-state index in [9.17, 15) is 0 Å². The van der Waals surface area contributed by atoms with Crippen LogP contribution >= 0.6 is 22.6 Å². The highest BCUT2D eigenvalue weighted by Crippen LogP contribution is 2.23. The minimum atomic E-state index is 0.568. The molecule has 12 heavy (non-hydrogen) atoms. The molecule has 2 heterocycles. The van der Waals surface area contributed by atoms with Crippen molar-refractivity contribution in [2.24, 2.45) is 4.99 Å². The Morgan fingerprint density at radius 1 is 1.50 bits per heavy atom. The van der Waals surface area contributed by atoms with Crippen LogP contribution in [0.1, 0.15) is 0 Å². The van der Waals surface area contributed by atoms with Crippen molar-refractivity contribution >= 4 is 46.2 Å². The van der Waals surface area contributed by atoms with Crippen molar-refractivity contribution in [3.8, 4) is 0 Å². The maximum absolute atomic E-state index is 3.96. The van der Waals surface area contributed by atoms with E-state index in [0.717, 1.165) is 9.09 Å². The monoisotopic (exact) mass is 273 g/mol. The SMILES string of the molecule is C=Nc1ncnc2n[nH]c(I)c12. The lowest BCUT2D eigenvalue weighted by Crippen LogP contribution is -1.80. The van der Waals surface area contributed by atoms with Crippen LogP contribution in [-0.2, 0) is 0 Å². The van der Waals surface area contributed by atoms with Gasteiger partial charge in [0.05, 0.1) is 5.39 Å². The van der Waals surface area contributed by atoms with E-state index in [-0.39, 0.29) is 0 Å². The van der Waals surface area contributed by atoms with Gasteiger partial charge in [0.25, 0.3) is 0 Å². The highest BCUT2D eigenvalue weighted by Gasteiger charge is 2.08. The summed E-state index contributed by atoms with van der Waals surface area (Å²) in [4.78, 5) is 11.7. The Kier molecular flexibility index (Phi) is 1.75. The smallest absolute Gasteiger partial charge is 0.187 e. The van der Waals surface area contributed by atoms with Crippen molar-refractivity contribution in [2.75, 3.05) is 0 Å². The molecule has 0 saturated carbocycles. The Morgan fingerprint density at radius 2 is 2.33 bits per heavy atom. The number of fused-ring (bicyclic) bond motifs is 1. The molecule has 0 unspecified atom stereocenters. The number of halogens is 1. The fourth-order valence-corrected chi connectivity index (χ4v) is 1.53. The summed E-state index contributed by atoms with van der Waals surface area (Å²) < 4.78 is 0.880. The normalized spacial score (nSPS) is 10.4. The molecule has 2 aromatic heterocycles. The Balaban J connectivity index is 2.93. The zero-order chi connectivity index (χ0) is 8.55. The van der Waals surface area contributed by atoms with Gasteiger partial charge in [-0.15, -0.1) is 0 Å². The van der Waals surface area contributed by atoms with Crippen LogP contribution in [0.15, 0.2) is 11.3 Å². The summed E-state index contributed by atoms with van der Waals surface area (Å²) in [5, 5.41) is 7.58. The molecule has 1 N–H and O–H groups in total. The van der Waals surface area contributed by atoms with Crippen molar-refractivity contribution in [3.63, 3.8) is 0 Å². The summed E-state index contributed by atoms with van der Waals surface area (Å²) in [5.41, 5.74) is 0.622. The molecular formula is C6H4IN5. The van der Waals surface area contributed by atoms with Crippen LogP contribution in [0, 0.1) is 3.70 Å². The zero-order valence-electron chi connectivity index (χ0n) is 5.95. The average Bonchev–Trinajstić information content (AvgIpc) is 2.48. The standard InChI is InChI=1S/C6H4IN5/c1-8-5-3-4(7)11-12-6(3)10-2-9-5/h2H,1H2,(H,9,10,11,12). The Hall–Kier alpha value is -1.05. The van der Waals surface area contributed by atoms with Gasteiger partial charge in [-0.05, 0) is 29.3 Å². The van der Waals surface area contributed by atoms with Gasteiger partial charge in [0, 0.05) is 0 Å². The lowest BCUT2D eigenvalue weighted by atomic mass is 10.4. The van der Waals surface area contributed by atoms with Gasteiger partial charge in [-0.2, -0.15) is 5.10 Å². The van der Waals surface area contributed by atoms with Gasteiger partial charge in [0.1, 0.15) is 10.0 Å². The van der Waals surface area contributed by atoms with E-state index in [2.05, 4.69) is 54.5 Å². The minimum absolute atomic E-state index is 0.568. The highest BCUT2D eigenvalue weighted by atomic mass is 127. The average molecular weight is 273 g/mol. The fraction of sp³-hybridized carbons (Fsp3) is 0. The molecule has 2 rings (SSSR count). The summed E-state index contributed by atoms with van der Waals surface area (Å²) in [6, 6.07) is 0. The van der Waals surface area contributed by atoms with Gasteiger partial charge in [-0.1, -0.05) is 0 Å². The van der Waals surface area contributed by atoms with E-state index < -0.39 is 0 Å². The van der Waals surface area contributed by atoms with Crippen LogP contribution in [0.25, 0.3) is 11.0 Å². The summed E-state index contributed by atoms with van der Waals surface area (Å²) in [6.45, 7) is 3.42. The van der Waals surface area contributed by atoms with Crippen LogP contribution in [0.4, 0.5) is 5.82 Å². The molecule has 0 saturated heterocycles. The van der Waals surface area contributed by atoms with Gasteiger partial charge in [0.15, 0.2) is 11.5 Å². The van der Waals surface area contributed by atoms with E-state index in [4.69, 9.17) is 0 Å². The molecule has 0 aromatic carbocycles. The Labute approximate surface area is 81.5 Å². The van der Waals surface area contributed by atoms with Gasteiger partial charge in [-0.3, -0.25) is 5.10 Å². The van der Waals surface area contributed by atoms with E-state index in [1.54, 1.807) is 0 Å². The van der Waals surface area contributed by atoms with Crippen molar-refractivity contribution in [1.82, 2.24) is 20.2 Å². The number of aliphatic imine (C=N–C) groups is 1. The van der Waals surface area contributed by atoms with E-state index in [1.165, 1.54) is 6.33 Å². The second-order valence-corrected chi connectivity index (χ2v) is 3.17. The second-order valence-electron chi connectivity index (χ2n) is 2.09. The molecule has 5 nitrogen and oxygen atoms in total. The first-order valence-electron chi connectivity index (χ1n) is 3.14. The van der Waals surface area contributed by atoms with E-state index in [0.29, 0.717) is 11.5 Å². The van der Waals surface area contributed by atoms with Crippen LogP contribution < -0.4 is 0 Å². The van der Waals surface area contributed by atoms with Gasteiger partial charge in [0.2, 0.25) is 0 Å². The Morgan fingerprint density at radius 3 is 3.08 bits per heavy atom. The molecule has 0 atom stereocenters.